The SMILES string of the molecule is CCc1cc2c(c(-c3ccccc3Cl)c1)OC(CNC(C)=O)C2. The summed E-state index contributed by atoms with van der Waals surface area (Å²) in [5.74, 6) is 0.857. The lowest BCUT2D eigenvalue weighted by Crippen LogP contribution is -2.32. The summed E-state index contributed by atoms with van der Waals surface area (Å²) in [7, 11) is 0. The first-order chi connectivity index (χ1) is 11.1. The monoisotopic (exact) mass is 329 g/mol. The Morgan fingerprint density at radius 2 is 2.09 bits per heavy atom. The molecule has 120 valence electrons. The molecule has 0 spiro atoms. The summed E-state index contributed by atoms with van der Waals surface area (Å²) < 4.78 is 6.12. The summed E-state index contributed by atoms with van der Waals surface area (Å²) >= 11 is 6.38. The average Bonchev–Trinajstić information content (AvgIpc) is 2.95. The first kappa shape index (κ1) is 15.9. The van der Waals surface area contributed by atoms with Crippen molar-refractivity contribution in [3.05, 3.63) is 52.5 Å². The minimum absolute atomic E-state index is 0.0257. The molecule has 3 rings (SSSR count). The van der Waals surface area contributed by atoms with Crippen LogP contribution in [0.3, 0.4) is 0 Å². The van der Waals surface area contributed by atoms with E-state index in [4.69, 9.17) is 16.3 Å². The molecule has 0 aromatic heterocycles. The summed E-state index contributed by atoms with van der Waals surface area (Å²) in [6, 6.07) is 12.2. The lowest BCUT2D eigenvalue weighted by Gasteiger charge is -2.14. The number of ether oxygens (including phenoxy) is 1. The third-order valence-electron chi connectivity index (χ3n) is 4.11. The summed E-state index contributed by atoms with van der Waals surface area (Å²) in [6.07, 6.45) is 1.74. The lowest BCUT2D eigenvalue weighted by atomic mass is 9.96. The van der Waals surface area contributed by atoms with Crippen LogP contribution in [0.1, 0.15) is 25.0 Å². The number of carbonyl (C=O) groups is 1. The topological polar surface area (TPSA) is 38.3 Å². The van der Waals surface area contributed by atoms with Gasteiger partial charge in [-0.2, -0.15) is 0 Å². The van der Waals surface area contributed by atoms with Gasteiger partial charge in [-0.05, 0) is 29.7 Å². The Morgan fingerprint density at radius 3 is 2.78 bits per heavy atom. The first-order valence-electron chi connectivity index (χ1n) is 7.90. The summed E-state index contributed by atoms with van der Waals surface area (Å²) in [5.41, 5.74) is 4.48. The number of amides is 1. The molecule has 1 aliphatic heterocycles. The molecule has 0 aliphatic carbocycles. The van der Waals surface area contributed by atoms with Crippen LogP contribution in [0.15, 0.2) is 36.4 Å². The van der Waals surface area contributed by atoms with E-state index in [1.165, 1.54) is 18.1 Å². The van der Waals surface area contributed by atoms with Crippen LogP contribution in [0.2, 0.25) is 5.02 Å². The molecule has 2 aromatic carbocycles. The highest BCUT2D eigenvalue weighted by atomic mass is 35.5. The highest BCUT2D eigenvalue weighted by Crippen LogP contribution is 2.42. The van der Waals surface area contributed by atoms with Crippen LogP contribution in [0.5, 0.6) is 5.75 Å². The van der Waals surface area contributed by atoms with Gasteiger partial charge in [0.2, 0.25) is 5.91 Å². The smallest absolute Gasteiger partial charge is 0.217 e. The number of halogens is 1. The van der Waals surface area contributed by atoms with Crippen molar-refractivity contribution in [2.24, 2.45) is 0 Å². The van der Waals surface area contributed by atoms with Crippen molar-refractivity contribution in [2.75, 3.05) is 6.54 Å². The molecule has 3 nitrogen and oxygen atoms in total. The Kier molecular flexibility index (Phi) is 4.58. The van der Waals surface area contributed by atoms with Crippen LogP contribution in [-0.4, -0.2) is 18.6 Å². The zero-order chi connectivity index (χ0) is 16.4. The summed E-state index contributed by atoms with van der Waals surface area (Å²) in [5, 5.41) is 3.55. The number of aryl methyl sites for hydroxylation is 1. The second-order valence-electron chi connectivity index (χ2n) is 5.85. The lowest BCUT2D eigenvalue weighted by molar-refractivity contribution is -0.119. The molecule has 0 bridgehead atoms. The second kappa shape index (κ2) is 6.63. The van der Waals surface area contributed by atoms with Crippen LogP contribution < -0.4 is 10.1 Å². The molecule has 0 saturated heterocycles. The highest BCUT2D eigenvalue weighted by molar-refractivity contribution is 6.33. The van der Waals surface area contributed by atoms with Gasteiger partial charge in [-0.15, -0.1) is 0 Å². The Bertz CT molecular complexity index is 742. The maximum atomic E-state index is 11.1. The predicted octanol–water partition coefficient (Wildman–Crippen LogP) is 4.01. The van der Waals surface area contributed by atoms with Crippen LogP contribution in [0, 0.1) is 0 Å². The van der Waals surface area contributed by atoms with Crippen LogP contribution in [-0.2, 0) is 17.6 Å². The fourth-order valence-electron chi connectivity index (χ4n) is 2.95. The van der Waals surface area contributed by atoms with E-state index in [9.17, 15) is 4.79 Å². The molecule has 1 amide bonds. The van der Waals surface area contributed by atoms with Gasteiger partial charge in [-0.25, -0.2) is 0 Å². The fraction of sp³-hybridized carbons (Fsp3) is 0.316. The van der Waals surface area contributed by atoms with Crippen molar-refractivity contribution in [1.82, 2.24) is 5.32 Å². The zero-order valence-corrected chi connectivity index (χ0v) is 14.1. The molecular weight excluding hydrogens is 310 g/mol. The van der Waals surface area contributed by atoms with E-state index in [0.29, 0.717) is 6.54 Å². The molecule has 1 N–H and O–H groups in total. The molecule has 2 aromatic rings. The molecule has 4 heteroatoms. The van der Waals surface area contributed by atoms with E-state index < -0.39 is 0 Å². The Labute approximate surface area is 141 Å². The van der Waals surface area contributed by atoms with Gasteiger partial charge in [0, 0.05) is 29.5 Å². The minimum atomic E-state index is -0.0369. The average molecular weight is 330 g/mol. The van der Waals surface area contributed by atoms with Crippen molar-refractivity contribution in [3.63, 3.8) is 0 Å². The van der Waals surface area contributed by atoms with Gasteiger partial charge in [0.25, 0.3) is 0 Å². The van der Waals surface area contributed by atoms with E-state index in [-0.39, 0.29) is 12.0 Å². The minimum Gasteiger partial charge on any atom is -0.487 e. The molecule has 1 aliphatic rings. The maximum absolute atomic E-state index is 11.1. The molecule has 1 unspecified atom stereocenters. The van der Waals surface area contributed by atoms with Crippen molar-refractivity contribution in [1.29, 1.82) is 0 Å². The predicted molar refractivity (Wildman–Crippen MR) is 93.1 cm³/mol. The molecule has 0 radical (unpaired) electrons. The number of hydrogen-bond acceptors (Lipinski definition) is 2. The maximum Gasteiger partial charge on any atom is 0.217 e. The first-order valence-corrected chi connectivity index (χ1v) is 8.28. The third-order valence-corrected chi connectivity index (χ3v) is 4.44. The Morgan fingerprint density at radius 1 is 1.30 bits per heavy atom. The molecule has 0 saturated carbocycles. The molecule has 1 heterocycles. The van der Waals surface area contributed by atoms with Gasteiger partial charge in [0.15, 0.2) is 0 Å². The van der Waals surface area contributed by atoms with Crippen molar-refractivity contribution in [2.45, 2.75) is 32.8 Å². The Hall–Kier alpha value is -2.00. The largest absolute Gasteiger partial charge is 0.487 e. The van der Waals surface area contributed by atoms with Crippen LogP contribution in [0.4, 0.5) is 0 Å². The summed E-state index contributed by atoms with van der Waals surface area (Å²) in [4.78, 5) is 11.1. The number of hydrogen-bond donors (Lipinski definition) is 1. The van der Waals surface area contributed by atoms with Gasteiger partial charge in [-0.3, -0.25) is 4.79 Å². The highest BCUT2D eigenvalue weighted by Gasteiger charge is 2.27. The van der Waals surface area contributed by atoms with E-state index in [0.717, 1.165) is 34.7 Å². The van der Waals surface area contributed by atoms with Gasteiger partial charge < -0.3 is 10.1 Å². The summed E-state index contributed by atoms with van der Waals surface area (Å²) in [6.45, 7) is 4.18. The van der Waals surface area contributed by atoms with E-state index in [2.05, 4.69) is 24.4 Å². The van der Waals surface area contributed by atoms with Gasteiger partial charge in [0.05, 0.1) is 6.54 Å². The molecule has 0 fully saturated rings. The van der Waals surface area contributed by atoms with Crippen LogP contribution >= 0.6 is 11.6 Å². The molecule has 23 heavy (non-hydrogen) atoms. The Balaban J connectivity index is 1.98. The zero-order valence-electron chi connectivity index (χ0n) is 13.4. The standard InChI is InChI=1S/C19H20ClNO2/c1-3-13-8-14-10-15(11-21-12(2)22)23-19(14)17(9-13)16-6-4-5-7-18(16)20/h4-9,15H,3,10-11H2,1-2H3,(H,21,22). The van der Waals surface area contributed by atoms with Crippen molar-refractivity contribution >= 4 is 17.5 Å². The number of nitrogens with one attached hydrogen (secondary N) is 1. The number of rotatable bonds is 4. The number of fused-ring (bicyclic) bond motifs is 1. The third kappa shape index (κ3) is 3.35. The van der Waals surface area contributed by atoms with E-state index >= 15 is 0 Å². The molecule has 1 atom stereocenters. The number of carbonyl (C=O) groups excluding carboxylic acids is 1. The van der Waals surface area contributed by atoms with Crippen molar-refractivity contribution in [3.8, 4) is 16.9 Å². The van der Waals surface area contributed by atoms with Crippen LogP contribution in [0.25, 0.3) is 11.1 Å². The normalized spacial score (nSPS) is 15.9. The van der Waals surface area contributed by atoms with E-state index in [1.807, 2.05) is 24.3 Å². The quantitative estimate of drug-likeness (QED) is 0.920. The van der Waals surface area contributed by atoms with Crippen molar-refractivity contribution < 1.29 is 9.53 Å². The van der Waals surface area contributed by atoms with E-state index in [1.54, 1.807) is 0 Å². The second-order valence-corrected chi connectivity index (χ2v) is 6.25. The van der Waals surface area contributed by atoms with Gasteiger partial charge >= 0.3 is 0 Å². The number of benzene rings is 2. The fourth-order valence-corrected chi connectivity index (χ4v) is 3.19. The van der Waals surface area contributed by atoms with Gasteiger partial charge in [-0.1, -0.05) is 42.8 Å². The van der Waals surface area contributed by atoms with Gasteiger partial charge in [0.1, 0.15) is 11.9 Å². The molecular formula is C19H20ClNO2.